The van der Waals surface area contributed by atoms with Crippen molar-refractivity contribution < 1.29 is 26.7 Å². The Morgan fingerprint density at radius 3 is 2.07 bits per heavy atom. The number of thioether (sulfide) groups is 1. The molecule has 0 aromatic carbocycles. The van der Waals surface area contributed by atoms with Gasteiger partial charge in [-0.1, -0.05) is 18.3 Å². The van der Waals surface area contributed by atoms with Crippen LogP contribution in [0.25, 0.3) is 0 Å². The summed E-state index contributed by atoms with van der Waals surface area (Å²) in [5, 5.41) is -0.576. The predicted molar refractivity (Wildman–Crippen MR) is 47.9 cm³/mol. The zero-order valence-corrected chi connectivity index (χ0v) is 8.64. The van der Waals surface area contributed by atoms with Gasteiger partial charge in [0.15, 0.2) is 0 Å². The normalized spacial score (nSPS) is 12.7. The molecule has 0 aromatic heterocycles. The third kappa shape index (κ3) is 4.63. The van der Waals surface area contributed by atoms with Crippen LogP contribution in [0, 0.1) is 0 Å². The fourth-order valence-electron chi connectivity index (χ4n) is 0.537. The predicted octanol–water partition coefficient (Wildman–Crippen LogP) is 3.41. The second-order valence-electron chi connectivity index (χ2n) is 2.87. The molecule has 0 aliphatic heterocycles. The first-order valence-corrected chi connectivity index (χ1v) is 4.83. The van der Waals surface area contributed by atoms with Crippen molar-refractivity contribution in [2.45, 2.75) is 25.4 Å². The summed E-state index contributed by atoms with van der Waals surface area (Å²) in [4.78, 5) is 10.8. The lowest BCUT2D eigenvalue weighted by atomic mass is 10.2. The maximum Gasteiger partial charge on any atom is 0.453 e. The summed E-state index contributed by atoms with van der Waals surface area (Å²) in [6, 6.07) is 0. The Labute approximate surface area is 87.7 Å². The van der Waals surface area contributed by atoms with Gasteiger partial charge in [0.25, 0.3) is 0 Å². The van der Waals surface area contributed by atoms with Crippen molar-refractivity contribution >= 4 is 16.9 Å². The molecular formula is C8H9F5OS. The third-order valence-electron chi connectivity index (χ3n) is 1.41. The standard InChI is InChI=1S/C8H9F5OS/c1-5(2)6(14)15-4-3-7(9,10)8(11,12)13/h1,3-4H2,2H3. The number of alkyl halides is 5. The molecule has 0 spiro atoms. The Morgan fingerprint density at radius 1 is 1.27 bits per heavy atom. The molecule has 0 aliphatic carbocycles. The second kappa shape index (κ2) is 4.96. The highest BCUT2D eigenvalue weighted by Gasteiger charge is 2.56. The Morgan fingerprint density at radius 2 is 1.73 bits per heavy atom. The van der Waals surface area contributed by atoms with Crippen LogP contribution in [0.5, 0.6) is 0 Å². The summed E-state index contributed by atoms with van der Waals surface area (Å²) in [7, 11) is 0. The number of rotatable bonds is 4. The van der Waals surface area contributed by atoms with Gasteiger partial charge >= 0.3 is 12.1 Å². The largest absolute Gasteiger partial charge is 0.453 e. The minimum atomic E-state index is -5.56. The third-order valence-corrected chi connectivity index (χ3v) is 2.43. The van der Waals surface area contributed by atoms with Crippen molar-refractivity contribution in [2.75, 3.05) is 5.75 Å². The molecule has 0 radical (unpaired) electrons. The van der Waals surface area contributed by atoms with E-state index in [0.29, 0.717) is 11.8 Å². The maximum atomic E-state index is 12.3. The number of carbonyl (C=O) groups is 1. The van der Waals surface area contributed by atoms with Gasteiger partial charge in [-0.3, -0.25) is 4.79 Å². The van der Waals surface area contributed by atoms with Gasteiger partial charge in [0.05, 0.1) is 0 Å². The van der Waals surface area contributed by atoms with Gasteiger partial charge in [0.2, 0.25) is 5.12 Å². The van der Waals surface area contributed by atoms with Crippen LogP contribution in [-0.2, 0) is 4.79 Å². The molecule has 0 N–H and O–H groups in total. The fraction of sp³-hybridized carbons (Fsp3) is 0.625. The van der Waals surface area contributed by atoms with E-state index in [1.165, 1.54) is 6.92 Å². The molecule has 7 heteroatoms. The van der Waals surface area contributed by atoms with Crippen molar-refractivity contribution in [3.63, 3.8) is 0 Å². The number of hydrogen-bond acceptors (Lipinski definition) is 2. The van der Waals surface area contributed by atoms with Crippen molar-refractivity contribution in [2.24, 2.45) is 0 Å². The summed E-state index contributed by atoms with van der Waals surface area (Å²) in [6.07, 6.45) is -6.96. The van der Waals surface area contributed by atoms with Crippen molar-refractivity contribution in [3.8, 4) is 0 Å². The van der Waals surface area contributed by atoms with Crippen LogP contribution in [0.3, 0.4) is 0 Å². The smallest absolute Gasteiger partial charge is 0.282 e. The van der Waals surface area contributed by atoms with E-state index < -0.39 is 29.4 Å². The molecule has 0 fully saturated rings. The molecule has 0 amide bonds. The molecule has 0 aromatic rings. The molecule has 0 unspecified atom stereocenters. The summed E-state index contributed by atoms with van der Waals surface area (Å²) in [5.41, 5.74) is 0.121. The molecular weight excluding hydrogens is 239 g/mol. The van der Waals surface area contributed by atoms with Crippen molar-refractivity contribution in [1.82, 2.24) is 0 Å². The zero-order valence-electron chi connectivity index (χ0n) is 7.83. The highest BCUT2D eigenvalue weighted by molar-refractivity contribution is 8.14. The summed E-state index contributed by atoms with van der Waals surface area (Å²) in [5.74, 6) is -5.33. The van der Waals surface area contributed by atoms with Gasteiger partial charge in [-0.15, -0.1) is 0 Å². The van der Waals surface area contributed by atoms with Gasteiger partial charge in [0.1, 0.15) is 0 Å². The molecule has 0 bridgehead atoms. The average molecular weight is 248 g/mol. The average Bonchev–Trinajstić information content (AvgIpc) is 2.01. The summed E-state index contributed by atoms with van der Waals surface area (Å²) < 4.78 is 59.6. The van der Waals surface area contributed by atoms with Gasteiger partial charge in [-0.05, 0) is 12.5 Å². The Balaban J connectivity index is 4.07. The first-order chi connectivity index (χ1) is 6.58. The van der Waals surface area contributed by atoms with Gasteiger partial charge in [-0.25, -0.2) is 0 Å². The summed E-state index contributed by atoms with van der Waals surface area (Å²) in [6.45, 7) is 4.60. The Hall–Kier alpha value is -0.590. The Kier molecular flexibility index (Phi) is 4.76. The minimum Gasteiger partial charge on any atom is -0.282 e. The monoisotopic (exact) mass is 248 g/mol. The lowest BCUT2D eigenvalue weighted by Crippen LogP contribution is -2.36. The van der Waals surface area contributed by atoms with Crippen LogP contribution in [0.1, 0.15) is 13.3 Å². The van der Waals surface area contributed by atoms with E-state index in [-0.39, 0.29) is 5.57 Å². The molecule has 0 atom stereocenters. The van der Waals surface area contributed by atoms with E-state index in [2.05, 4.69) is 6.58 Å². The highest BCUT2D eigenvalue weighted by Crippen LogP contribution is 2.38. The second-order valence-corrected chi connectivity index (χ2v) is 3.94. The quantitative estimate of drug-likeness (QED) is 0.560. The number of hydrogen-bond donors (Lipinski definition) is 0. The fourth-order valence-corrected chi connectivity index (χ4v) is 1.33. The van der Waals surface area contributed by atoms with E-state index in [1.54, 1.807) is 0 Å². The van der Waals surface area contributed by atoms with Crippen LogP contribution in [0.4, 0.5) is 22.0 Å². The first kappa shape index (κ1) is 14.4. The van der Waals surface area contributed by atoms with Crippen LogP contribution < -0.4 is 0 Å². The summed E-state index contributed by atoms with van der Waals surface area (Å²) >= 11 is 0.409. The van der Waals surface area contributed by atoms with E-state index in [4.69, 9.17) is 0 Å². The molecule has 1 nitrogen and oxygen atoms in total. The Bertz CT molecular complexity index is 258. The molecule has 15 heavy (non-hydrogen) atoms. The molecule has 0 saturated carbocycles. The minimum absolute atomic E-state index is 0.121. The van der Waals surface area contributed by atoms with E-state index >= 15 is 0 Å². The topological polar surface area (TPSA) is 17.1 Å². The van der Waals surface area contributed by atoms with E-state index in [1.807, 2.05) is 0 Å². The van der Waals surface area contributed by atoms with Gasteiger partial charge in [-0.2, -0.15) is 22.0 Å². The molecule has 0 heterocycles. The van der Waals surface area contributed by atoms with E-state index in [9.17, 15) is 26.7 Å². The maximum absolute atomic E-state index is 12.3. The molecule has 0 saturated heterocycles. The van der Waals surface area contributed by atoms with Crippen LogP contribution >= 0.6 is 11.8 Å². The van der Waals surface area contributed by atoms with Crippen LogP contribution in [0.15, 0.2) is 12.2 Å². The number of halogens is 5. The lowest BCUT2D eigenvalue weighted by molar-refractivity contribution is -0.282. The lowest BCUT2D eigenvalue weighted by Gasteiger charge is -2.18. The molecule has 0 rings (SSSR count). The first-order valence-electron chi connectivity index (χ1n) is 3.85. The van der Waals surface area contributed by atoms with Crippen molar-refractivity contribution in [3.05, 3.63) is 12.2 Å². The van der Waals surface area contributed by atoms with Gasteiger partial charge < -0.3 is 0 Å². The van der Waals surface area contributed by atoms with Crippen LogP contribution in [0.2, 0.25) is 0 Å². The highest BCUT2D eigenvalue weighted by atomic mass is 32.2. The molecule has 0 aliphatic rings. The van der Waals surface area contributed by atoms with E-state index in [0.717, 1.165) is 0 Å². The van der Waals surface area contributed by atoms with Crippen molar-refractivity contribution in [1.29, 1.82) is 0 Å². The number of carbonyl (C=O) groups excluding carboxylic acids is 1. The molecule has 88 valence electrons. The SMILES string of the molecule is C=C(C)C(=O)SCCC(F)(F)C(F)(F)F. The van der Waals surface area contributed by atoms with Crippen LogP contribution in [-0.4, -0.2) is 23.0 Å². The van der Waals surface area contributed by atoms with Gasteiger partial charge in [0, 0.05) is 12.2 Å². The zero-order chi connectivity index (χ0) is 12.3.